The van der Waals surface area contributed by atoms with E-state index in [0.29, 0.717) is 0 Å². The topological polar surface area (TPSA) is 30.7 Å². The van der Waals surface area contributed by atoms with Crippen molar-refractivity contribution in [1.29, 1.82) is 0 Å². The quantitative estimate of drug-likeness (QED) is 0.653. The largest absolute Gasteiger partial charge is 0.314 e. The molecule has 0 amide bonds. The second-order valence-electron chi connectivity index (χ2n) is 5.45. The van der Waals surface area contributed by atoms with Gasteiger partial charge in [-0.3, -0.25) is 0 Å². The molecule has 110 valence electrons. The van der Waals surface area contributed by atoms with E-state index in [9.17, 15) is 4.39 Å². The zero-order valence-corrected chi connectivity index (χ0v) is 13.5. The SMILES string of the molecule is CC(Cl)c1nc2ccc(F)cc2n1C(C)(C)c1nccs1. The second kappa shape index (κ2) is 5.07. The summed E-state index contributed by atoms with van der Waals surface area (Å²) in [6.45, 7) is 5.95. The van der Waals surface area contributed by atoms with E-state index in [-0.39, 0.29) is 11.2 Å². The first-order valence-electron chi connectivity index (χ1n) is 6.63. The molecule has 0 aliphatic heterocycles. The van der Waals surface area contributed by atoms with Crippen LogP contribution in [-0.4, -0.2) is 14.5 Å². The van der Waals surface area contributed by atoms with Gasteiger partial charge in [0.2, 0.25) is 0 Å². The van der Waals surface area contributed by atoms with Gasteiger partial charge < -0.3 is 4.57 Å². The molecule has 3 rings (SSSR count). The summed E-state index contributed by atoms with van der Waals surface area (Å²) >= 11 is 7.86. The Kier molecular flexibility index (Phi) is 3.50. The van der Waals surface area contributed by atoms with E-state index in [1.807, 2.05) is 30.7 Å². The maximum atomic E-state index is 13.7. The van der Waals surface area contributed by atoms with Crippen molar-refractivity contribution in [3.05, 3.63) is 46.4 Å². The molecule has 0 bridgehead atoms. The van der Waals surface area contributed by atoms with Crippen LogP contribution in [0.3, 0.4) is 0 Å². The third-order valence-electron chi connectivity index (χ3n) is 3.51. The minimum absolute atomic E-state index is 0.278. The smallest absolute Gasteiger partial charge is 0.128 e. The van der Waals surface area contributed by atoms with E-state index in [0.717, 1.165) is 21.9 Å². The van der Waals surface area contributed by atoms with Crippen LogP contribution in [0.4, 0.5) is 4.39 Å². The van der Waals surface area contributed by atoms with Crippen molar-refractivity contribution >= 4 is 34.0 Å². The molecule has 0 fully saturated rings. The lowest BCUT2D eigenvalue weighted by atomic mass is 10.1. The molecular formula is C15H15ClFN3S. The molecule has 0 aliphatic carbocycles. The van der Waals surface area contributed by atoms with Crippen LogP contribution in [0.2, 0.25) is 0 Å². The molecule has 1 aromatic carbocycles. The van der Waals surface area contributed by atoms with Crippen molar-refractivity contribution in [3.63, 3.8) is 0 Å². The first-order chi connectivity index (χ1) is 9.91. The molecule has 2 heterocycles. The molecule has 0 spiro atoms. The van der Waals surface area contributed by atoms with Crippen LogP contribution >= 0.6 is 22.9 Å². The monoisotopic (exact) mass is 323 g/mol. The minimum Gasteiger partial charge on any atom is -0.314 e. The molecule has 1 unspecified atom stereocenters. The summed E-state index contributed by atoms with van der Waals surface area (Å²) in [5.41, 5.74) is 1.02. The van der Waals surface area contributed by atoms with Gasteiger partial charge in [0.15, 0.2) is 0 Å². The van der Waals surface area contributed by atoms with E-state index >= 15 is 0 Å². The standard InChI is InChI=1S/C15H15ClFN3S/c1-9(16)13-19-11-5-4-10(17)8-12(11)20(13)15(2,3)14-18-6-7-21-14/h4-9H,1-3H3. The Morgan fingerprint density at radius 2 is 2.14 bits per heavy atom. The number of hydrogen-bond donors (Lipinski definition) is 0. The zero-order chi connectivity index (χ0) is 15.2. The van der Waals surface area contributed by atoms with E-state index in [1.165, 1.54) is 12.1 Å². The number of rotatable bonds is 3. The summed E-state index contributed by atoms with van der Waals surface area (Å²) in [4.78, 5) is 8.98. The van der Waals surface area contributed by atoms with Crippen LogP contribution < -0.4 is 0 Å². The number of nitrogens with zero attached hydrogens (tertiary/aromatic N) is 3. The number of aromatic nitrogens is 3. The number of halogens is 2. The molecule has 1 atom stereocenters. The van der Waals surface area contributed by atoms with Crippen molar-refractivity contribution in [1.82, 2.24) is 14.5 Å². The van der Waals surface area contributed by atoms with Gasteiger partial charge in [0.1, 0.15) is 16.6 Å². The van der Waals surface area contributed by atoms with E-state index in [1.54, 1.807) is 23.6 Å². The lowest BCUT2D eigenvalue weighted by molar-refractivity contribution is 0.429. The molecule has 0 saturated heterocycles. The van der Waals surface area contributed by atoms with E-state index in [4.69, 9.17) is 11.6 Å². The summed E-state index contributed by atoms with van der Waals surface area (Å²) < 4.78 is 15.7. The Balaban J connectivity index is 2.34. The van der Waals surface area contributed by atoms with Gasteiger partial charge in [-0.15, -0.1) is 22.9 Å². The molecule has 3 aromatic rings. The summed E-state index contributed by atoms with van der Waals surface area (Å²) in [6, 6.07) is 4.60. The highest BCUT2D eigenvalue weighted by Crippen LogP contribution is 2.35. The Bertz CT molecular complexity index is 778. The maximum absolute atomic E-state index is 13.7. The highest BCUT2D eigenvalue weighted by molar-refractivity contribution is 7.09. The predicted molar refractivity (Wildman–Crippen MR) is 84.5 cm³/mol. The van der Waals surface area contributed by atoms with Gasteiger partial charge in [-0.2, -0.15) is 0 Å². The number of thiazole rings is 1. The van der Waals surface area contributed by atoms with Gasteiger partial charge in [-0.05, 0) is 39.0 Å². The Hall–Kier alpha value is -1.46. The van der Waals surface area contributed by atoms with Crippen LogP contribution in [0, 0.1) is 5.82 Å². The van der Waals surface area contributed by atoms with E-state index in [2.05, 4.69) is 9.97 Å². The van der Waals surface area contributed by atoms with Crippen LogP contribution in [0.1, 0.15) is 37.0 Å². The van der Waals surface area contributed by atoms with Crippen molar-refractivity contribution in [2.45, 2.75) is 31.7 Å². The van der Waals surface area contributed by atoms with Gasteiger partial charge in [0.05, 0.1) is 21.9 Å². The lowest BCUT2D eigenvalue weighted by Crippen LogP contribution is -2.29. The first-order valence-corrected chi connectivity index (χ1v) is 7.95. The van der Waals surface area contributed by atoms with E-state index < -0.39 is 5.54 Å². The van der Waals surface area contributed by atoms with Gasteiger partial charge in [-0.25, -0.2) is 14.4 Å². The zero-order valence-electron chi connectivity index (χ0n) is 12.0. The molecular weight excluding hydrogens is 309 g/mol. The molecule has 0 radical (unpaired) electrons. The average Bonchev–Trinajstić information content (AvgIpc) is 3.05. The number of fused-ring (bicyclic) bond motifs is 1. The third-order valence-corrected chi connectivity index (χ3v) is 4.79. The van der Waals surface area contributed by atoms with Gasteiger partial charge >= 0.3 is 0 Å². The number of benzene rings is 1. The van der Waals surface area contributed by atoms with Crippen LogP contribution in [0.15, 0.2) is 29.8 Å². The first kappa shape index (κ1) is 14.5. The minimum atomic E-state index is -0.449. The molecule has 2 aromatic heterocycles. The highest BCUT2D eigenvalue weighted by Gasteiger charge is 2.31. The molecule has 3 nitrogen and oxygen atoms in total. The maximum Gasteiger partial charge on any atom is 0.128 e. The average molecular weight is 324 g/mol. The molecule has 6 heteroatoms. The summed E-state index contributed by atoms with van der Waals surface area (Å²) in [6.07, 6.45) is 1.77. The van der Waals surface area contributed by atoms with Crippen LogP contribution in [-0.2, 0) is 5.54 Å². The fourth-order valence-corrected chi connectivity index (χ4v) is 3.44. The summed E-state index contributed by atoms with van der Waals surface area (Å²) in [5, 5.41) is 2.59. The van der Waals surface area contributed by atoms with Crippen molar-refractivity contribution in [3.8, 4) is 0 Å². The van der Waals surface area contributed by atoms with Crippen molar-refractivity contribution in [2.24, 2.45) is 0 Å². The Morgan fingerprint density at radius 1 is 1.38 bits per heavy atom. The van der Waals surface area contributed by atoms with Gasteiger partial charge in [0, 0.05) is 11.6 Å². The fraction of sp³-hybridized carbons (Fsp3) is 0.333. The third kappa shape index (κ3) is 2.34. The molecule has 0 N–H and O–H groups in total. The van der Waals surface area contributed by atoms with Gasteiger partial charge in [-0.1, -0.05) is 0 Å². The van der Waals surface area contributed by atoms with Crippen LogP contribution in [0.25, 0.3) is 11.0 Å². The Morgan fingerprint density at radius 3 is 2.76 bits per heavy atom. The van der Waals surface area contributed by atoms with Gasteiger partial charge in [0.25, 0.3) is 0 Å². The molecule has 0 aliphatic rings. The molecule has 0 saturated carbocycles. The van der Waals surface area contributed by atoms with Crippen molar-refractivity contribution in [2.75, 3.05) is 0 Å². The number of alkyl halides is 1. The highest BCUT2D eigenvalue weighted by atomic mass is 35.5. The lowest BCUT2D eigenvalue weighted by Gasteiger charge is -2.28. The van der Waals surface area contributed by atoms with Crippen molar-refractivity contribution < 1.29 is 4.39 Å². The number of hydrogen-bond acceptors (Lipinski definition) is 3. The van der Waals surface area contributed by atoms with Crippen LogP contribution in [0.5, 0.6) is 0 Å². The number of imidazole rings is 1. The summed E-state index contributed by atoms with van der Waals surface area (Å²) in [5.74, 6) is 0.435. The normalized spacial score (nSPS) is 13.8. The predicted octanol–water partition coefficient (Wildman–Crippen LogP) is 4.72. The fourth-order valence-electron chi connectivity index (χ4n) is 2.54. The molecule has 21 heavy (non-hydrogen) atoms. The Labute approximate surface area is 131 Å². The summed E-state index contributed by atoms with van der Waals surface area (Å²) in [7, 11) is 0. The second-order valence-corrected chi connectivity index (χ2v) is 7.00.